The number of benzene rings is 2. The van der Waals surface area contributed by atoms with Crippen LogP contribution in [0.4, 0.5) is 0 Å². The van der Waals surface area contributed by atoms with E-state index in [0.717, 1.165) is 17.6 Å². The number of hydrogen-bond acceptors (Lipinski definition) is 5. The zero-order valence-electron chi connectivity index (χ0n) is 19.8. The smallest absolute Gasteiger partial charge is 0.243 e. The Labute approximate surface area is 221 Å². The van der Waals surface area contributed by atoms with Crippen molar-refractivity contribution < 1.29 is 17.9 Å². The van der Waals surface area contributed by atoms with E-state index in [1.807, 2.05) is 4.90 Å². The van der Waals surface area contributed by atoms with Crippen LogP contribution in [0.2, 0.25) is 5.02 Å². The Kier molecular flexibility index (Phi) is 8.43. The molecule has 0 spiro atoms. The fourth-order valence-corrected chi connectivity index (χ4v) is 6.67. The molecule has 0 radical (unpaired) electrons. The molecule has 2 saturated heterocycles. The number of piperazine rings is 1. The van der Waals surface area contributed by atoms with Crippen molar-refractivity contribution in [3.63, 3.8) is 0 Å². The van der Waals surface area contributed by atoms with Gasteiger partial charge in [-0.25, -0.2) is 8.42 Å². The van der Waals surface area contributed by atoms with Crippen molar-refractivity contribution in [1.82, 2.24) is 14.1 Å². The molecule has 1 atom stereocenters. The van der Waals surface area contributed by atoms with Crippen molar-refractivity contribution in [2.24, 2.45) is 5.41 Å². The number of piperidine rings is 1. The molecule has 0 N–H and O–H groups in total. The number of sulfonamides is 1. The maximum atomic E-state index is 13.5. The van der Waals surface area contributed by atoms with Gasteiger partial charge in [0.2, 0.25) is 15.9 Å². The molecule has 35 heavy (non-hydrogen) atoms. The van der Waals surface area contributed by atoms with E-state index in [1.54, 1.807) is 48.5 Å². The van der Waals surface area contributed by atoms with E-state index >= 15 is 0 Å². The molecule has 2 aromatic rings. The first kappa shape index (κ1) is 26.4. The molecule has 2 aliphatic rings. The van der Waals surface area contributed by atoms with E-state index in [1.165, 1.54) is 4.31 Å². The maximum Gasteiger partial charge on any atom is 0.243 e. The summed E-state index contributed by atoms with van der Waals surface area (Å²) in [4.78, 5) is 17.7. The van der Waals surface area contributed by atoms with Crippen LogP contribution < -0.4 is 4.74 Å². The predicted octanol–water partition coefficient (Wildman–Crippen LogP) is 4.12. The predicted molar refractivity (Wildman–Crippen MR) is 140 cm³/mol. The lowest BCUT2D eigenvalue weighted by molar-refractivity contribution is -0.136. The van der Waals surface area contributed by atoms with Crippen molar-refractivity contribution in [2.45, 2.75) is 24.2 Å². The molecule has 0 aromatic heterocycles. The summed E-state index contributed by atoms with van der Waals surface area (Å²) in [6.07, 6.45) is 1.62. The number of hydrogen-bond donors (Lipinski definition) is 0. The van der Waals surface area contributed by atoms with Gasteiger partial charge in [-0.15, -0.1) is 0 Å². The van der Waals surface area contributed by atoms with E-state index in [4.69, 9.17) is 16.3 Å². The van der Waals surface area contributed by atoms with Crippen LogP contribution >= 0.6 is 27.5 Å². The third-order valence-electron chi connectivity index (χ3n) is 6.82. The zero-order chi connectivity index (χ0) is 25.1. The molecular weight excluding hydrogens is 554 g/mol. The van der Waals surface area contributed by atoms with Crippen LogP contribution in [0.1, 0.15) is 19.3 Å². The van der Waals surface area contributed by atoms with Crippen LogP contribution in [0.3, 0.4) is 0 Å². The van der Waals surface area contributed by atoms with Gasteiger partial charge in [0.15, 0.2) is 0 Å². The number of halogens is 2. The summed E-state index contributed by atoms with van der Waals surface area (Å²) >= 11 is 9.37. The minimum atomic E-state index is -3.70. The largest absolute Gasteiger partial charge is 0.493 e. The van der Waals surface area contributed by atoms with Gasteiger partial charge in [0.1, 0.15) is 5.75 Å². The first-order valence-corrected chi connectivity index (χ1v) is 14.4. The molecule has 7 nitrogen and oxygen atoms in total. The van der Waals surface area contributed by atoms with Gasteiger partial charge in [-0.3, -0.25) is 4.79 Å². The molecule has 0 unspecified atom stereocenters. The molecule has 0 aliphatic carbocycles. The number of likely N-dealkylation sites (N-methyl/N-ethyl adjacent to an activating group) is 1. The van der Waals surface area contributed by atoms with Crippen molar-refractivity contribution in [2.75, 3.05) is 52.9 Å². The van der Waals surface area contributed by atoms with Crippen molar-refractivity contribution in [1.29, 1.82) is 0 Å². The third kappa shape index (κ3) is 6.57. The Morgan fingerprint density at radius 1 is 1.03 bits per heavy atom. The van der Waals surface area contributed by atoms with Crippen molar-refractivity contribution in [3.8, 4) is 5.75 Å². The molecule has 190 valence electrons. The number of carbonyl (C=O) groups is 1. The van der Waals surface area contributed by atoms with Gasteiger partial charge in [-0.1, -0.05) is 27.5 Å². The van der Waals surface area contributed by atoms with E-state index in [-0.39, 0.29) is 30.4 Å². The quantitative estimate of drug-likeness (QED) is 0.490. The molecule has 2 heterocycles. The van der Waals surface area contributed by atoms with Crippen LogP contribution in [-0.4, -0.2) is 81.4 Å². The van der Waals surface area contributed by atoms with Gasteiger partial charge >= 0.3 is 0 Å². The number of ether oxygens (including phenoxy) is 1. The second-order valence-corrected chi connectivity index (χ2v) is 12.8. The standard InChI is InChI=1S/C25H31BrClN3O4S/c1-28-13-15-29(16-14-28)24(31)17-25(19-34-22-7-5-21(27)6-8-22)11-2-12-30(18-25)35(32,33)23-9-3-20(26)4-10-23/h3-10H,2,11-19H2,1H3/t25-/m0/s1. The van der Waals surface area contributed by atoms with E-state index in [2.05, 4.69) is 27.9 Å². The Balaban J connectivity index is 1.56. The highest BCUT2D eigenvalue weighted by atomic mass is 79.9. The normalized spacial score (nSPS) is 22.2. The summed E-state index contributed by atoms with van der Waals surface area (Å²) < 4.78 is 35.4. The van der Waals surface area contributed by atoms with Gasteiger partial charge in [0, 0.05) is 60.6 Å². The fourth-order valence-electron chi connectivity index (χ4n) is 4.69. The van der Waals surface area contributed by atoms with E-state index < -0.39 is 15.4 Å². The van der Waals surface area contributed by atoms with Crippen LogP contribution in [0.15, 0.2) is 57.9 Å². The van der Waals surface area contributed by atoms with Crippen LogP contribution in [0.25, 0.3) is 0 Å². The third-order valence-corrected chi connectivity index (χ3v) is 9.46. The number of rotatable bonds is 7. The second-order valence-electron chi connectivity index (χ2n) is 9.50. The molecule has 2 aliphatic heterocycles. The number of carbonyl (C=O) groups excluding carboxylic acids is 1. The summed E-state index contributed by atoms with van der Waals surface area (Å²) in [5.41, 5.74) is -0.624. The summed E-state index contributed by atoms with van der Waals surface area (Å²) in [7, 11) is -1.65. The Hall–Kier alpha value is -1.65. The van der Waals surface area contributed by atoms with Crippen molar-refractivity contribution >= 4 is 43.5 Å². The maximum absolute atomic E-state index is 13.5. The lowest BCUT2D eigenvalue weighted by Gasteiger charge is -2.43. The van der Waals surface area contributed by atoms with Gasteiger partial charge < -0.3 is 14.5 Å². The van der Waals surface area contributed by atoms with Gasteiger partial charge in [0.05, 0.1) is 11.5 Å². The molecule has 0 saturated carbocycles. The van der Waals surface area contributed by atoms with Crippen LogP contribution in [0.5, 0.6) is 5.75 Å². The SMILES string of the molecule is CN1CCN(C(=O)C[C@@]2(COc3ccc(Cl)cc3)CCCN(S(=O)(=O)c3ccc(Br)cc3)C2)CC1. The number of nitrogens with zero attached hydrogens (tertiary/aromatic N) is 3. The fraction of sp³-hybridized carbons (Fsp3) is 0.480. The molecule has 2 aromatic carbocycles. The Morgan fingerprint density at radius 2 is 1.69 bits per heavy atom. The average molecular weight is 585 g/mol. The van der Waals surface area contributed by atoms with Gasteiger partial charge in [-0.2, -0.15) is 4.31 Å². The highest BCUT2D eigenvalue weighted by Gasteiger charge is 2.43. The molecule has 1 amide bonds. The van der Waals surface area contributed by atoms with Gasteiger partial charge in [-0.05, 0) is 68.4 Å². The summed E-state index contributed by atoms with van der Waals surface area (Å²) in [5, 5.41) is 0.613. The van der Waals surface area contributed by atoms with Crippen molar-refractivity contribution in [3.05, 3.63) is 58.0 Å². The van der Waals surface area contributed by atoms with Gasteiger partial charge in [0.25, 0.3) is 0 Å². The summed E-state index contributed by atoms with van der Waals surface area (Å²) in [6, 6.07) is 13.8. The summed E-state index contributed by atoms with van der Waals surface area (Å²) in [5.74, 6) is 0.703. The first-order chi connectivity index (χ1) is 16.7. The molecular formula is C25H31BrClN3O4S. The van der Waals surface area contributed by atoms with Crippen LogP contribution in [0, 0.1) is 5.41 Å². The number of amides is 1. The van der Waals surface area contributed by atoms with E-state index in [0.29, 0.717) is 43.2 Å². The highest BCUT2D eigenvalue weighted by molar-refractivity contribution is 9.10. The molecule has 4 rings (SSSR count). The average Bonchev–Trinajstić information content (AvgIpc) is 2.84. The second kappa shape index (κ2) is 11.2. The topological polar surface area (TPSA) is 70.2 Å². The molecule has 0 bridgehead atoms. The Bertz CT molecular complexity index is 1120. The van der Waals surface area contributed by atoms with Crippen LogP contribution in [-0.2, 0) is 14.8 Å². The lowest BCUT2D eigenvalue weighted by Crippen LogP contribution is -2.53. The highest BCUT2D eigenvalue weighted by Crippen LogP contribution is 2.37. The minimum absolute atomic E-state index is 0.0562. The summed E-state index contributed by atoms with van der Waals surface area (Å²) in [6.45, 7) is 3.95. The minimum Gasteiger partial charge on any atom is -0.493 e. The monoisotopic (exact) mass is 583 g/mol. The molecule has 10 heteroatoms. The zero-order valence-corrected chi connectivity index (χ0v) is 23.0. The Morgan fingerprint density at radius 3 is 2.34 bits per heavy atom. The molecule has 2 fully saturated rings. The lowest BCUT2D eigenvalue weighted by atomic mass is 9.78. The van der Waals surface area contributed by atoms with E-state index in [9.17, 15) is 13.2 Å². The first-order valence-electron chi connectivity index (χ1n) is 11.8.